The van der Waals surface area contributed by atoms with Crippen LogP contribution >= 0.6 is 12.2 Å². The SMILES string of the molecule is CN(C)c1ccc(C(=O)NCCC(N)=S)cc1. The third kappa shape index (κ3) is 4.40. The fourth-order valence-corrected chi connectivity index (χ4v) is 1.41. The van der Waals surface area contributed by atoms with Gasteiger partial charge in [0.1, 0.15) is 0 Å². The fraction of sp³-hybridized carbons (Fsp3) is 0.333. The van der Waals surface area contributed by atoms with Gasteiger partial charge in [-0.1, -0.05) is 12.2 Å². The summed E-state index contributed by atoms with van der Waals surface area (Å²) in [6, 6.07) is 7.40. The summed E-state index contributed by atoms with van der Waals surface area (Å²) in [5, 5.41) is 2.76. The summed E-state index contributed by atoms with van der Waals surface area (Å²) >= 11 is 4.73. The van der Waals surface area contributed by atoms with Gasteiger partial charge in [-0.2, -0.15) is 0 Å². The van der Waals surface area contributed by atoms with Crippen molar-refractivity contribution in [2.45, 2.75) is 6.42 Å². The molecule has 0 spiro atoms. The highest BCUT2D eigenvalue weighted by Gasteiger charge is 2.05. The first kappa shape index (κ1) is 13.4. The summed E-state index contributed by atoms with van der Waals surface area (Å²) < 4.78 is 0. The molecule has 0 radical (unpaired) electrons. The third-order valence-electron chi connectivity index (χ3n) is 2.30. The highest BCUT2D eigenvalue weighted by atomic mass is 32.1. The molecule has 3 N–H and O–H groups in total. The molecule has 1 amide bonds. The zero-order valence-electron chi connectivity index (χ0n) is 10.1. The van der Waals surface area contributed by atoms with E-state index in [1.165, 1.54) is 0 Å². The average molecular weight is 251 g/mol. The zero-order valence-corrected chi connectivity index (χ0v) is 10.9. The number of rotatable bonds is 5. The Balaban J connectivity index is 2.54. The van der Waals surface area contributed by atoms with Gasteiger partial charge in [-0.25, -0.2) is 0 Å². The molecule has 1 aromatic rings. The second-order valence-corrected chi connectivity index (χ2v) is 4.44. The van der Waals surface area contributed by atoms with Crippen molar-refractivity contribution < 1.29 is 4.79 Å². The largest absolute Gasteiger partial charge is 0.393 e. The molecule has 0 fully saturated rings. The highest BCUT2D eigenvalue weighted by Crippen LogP contribution is 2.11. The number of anilines is 1. The van der Waals surface area contributed by atoms with Crippen LogP contribution in [0.15, 0.2) is 24.3 Å². The first-order valence-electron chi connectivity index (χ1n) is 5.34. The Morgan fingerprint density at radius 2 is 1.94 bits per heavy atom. The number of thiocarbonyl (C=S) groups is 1. The van der Waals surface area contributed by atoms with Gasteiger partial charge in [0.25, 0.3) is 5.91 Å². The minimum Gasteiger partial charge on any atom is -0.393 e. The van der Waals surface area contributed by atoms with Crippen molar-refractivity contribution in [3.8, 4) is 0 Å². The summed E-state index contributed by atoms with van der Waals surface area (Å²) in [7, 11) is 3.91. The second kappa shape index (κ2) is 6.20. The molecule has 1 rings (SSSR count). The molecular weight excluding hydrogens is 234 g/mol. The second-order valence-electron chi connectivity index (χ2n) is 3.91. The summed E-state index contributed by atoms with van der Waals surface area (Å²) in [6.07, 6.45) is 0.525. The molecule has 0 atom stereocenters. The van der Waals surface area contributed by atoms with Crippen molar-refractivity contribution in [2.75, 3.05) is 25.5 Å². The first-order valence-corrected chi connectivity index (χ1v) is 5.75. The van der Waals surface area contributed by atoms with Crippen LogP contribution in [-0.2, 0) is 0 Å². The average Bonchev–Trinajstić information content (AvgIpc) is 2.28. The number of carbonyl (C=O) groups is 1. The van der Waals surface area contributed by atoms with Gasteiger partial charge < -0.3 is 16.0 Å². The van der Waals surface area contributed by atoms with E-state index < -0.39 is 0 Å². The lowest BCUT2D eigenvalue weighted by Gasteiger charge is -2.12. The standard InChI is InChI=1S/C12H17N3OS/c1-15(2)10-5-3-9(4-6-10)12(16)14-8-7-11(13)17/h3-6H,7-8H2,1-2H3,(H2,13,17)(H,14,16). The number of benzene rings is 1. The molecule has 4 nitrogen and oxygen atoms in total. The summed E-state index contributed by atoms with van der Waals surface area (Å²) in [6.45, 7) is 0.476. The van der Waals surface area contributed by atoms with E-state index in [-0.39, 0.29) is 5.91 Å². The smallest absolute Gasteiger partial charge is 0.251 e. The van der Waals surface area contributed by atoms with Crippen LogP contribution in [0, 0.1) is 0 Å². The van der Waals surface area contributed by atoms with E-state index in [1.54, 1.807) is 12.1 Å². The van der Waals surface area contributed by atoms with Gasteiger partial charge in [-0.3, -0.25) is 4.79 Å². The lowest BCUT2D eigenvalue weighted by atomic mass is 10.2. The highest BCUT2D eigenvalue weighted by molar-refractivity contribution is 7.80. The number of carbonyl (C=O) groups excluding carboxylic acids is 1. The number of amides is 1. The molecule has 0 aliphatic rings. The van der Waals surface area contributed by atoms with Gasteiger partial charge in [0.2, 0.25) is 0 Å². The molecule has 5 heteroatoms. The van der Waals surface area contributed by atoms with Crippen LogP contribution in [0.25, 0.3) is 0 Å². The van der Waals surface area contributed by atoms with Crippen molar-refractivity contribution in [1.29, 1.82) is 0 Å². The lowest BCUT2D eigenvalue weighted by Crippen LogP contribution is -2.27. The topological polar surface area (TPSA) is 58.4 Å². The zero-order chi connectivity index (χ0) is 12.8. The summed E-state index contributed by atoms with van der Waals surface area (Å²) in [4.78, 5) is 14.1. The van der Waals surface area contributed by atoms with E-state index >= 15 is 0 Å². The van der Waals surface area contributed by atoms with Gasteiger partial charge in [0.15, 0.2) is 0 Å². The molecule has 0 aromatic heterocycles. The van der Waals surface area contributed by atoms with Gasteiger partial charge >= 0.3 is 0 Å². The van der Waals surface area contributed by atoms with E-state index in [0.29, 0.717) is 23.5 Å². The predicted octanol–water partition coefficient (Wildman–Crippen LogP) is 1.16. The first-order chi connectivity index (χ1) is 8.00. The lowest BCUT2D eigenvalue weighted by molar-refractivity contribution is 0.0955. The minimum absolute atomic E-state index is 0.105. The molecule has 1 aromatic carbocycles. The van der Waals surface area contributed by atoms with Gasteiger partial charge in [0.05, 0.1) is 4.99 Å². The molecule has 0 unspecified atom stereocenters. The number of nitrogens with two attached hydrogens (primary N) is 1. The monoisotopic (exact) mass is 251 g/mol. The van der Waals surface area contributed by atoms with Gasteiger partial charge in [-0.05, 0) is 24.3 Å². The Bertz CT molecular complexity index is 401. The van der Waals surface area contributed by atoms with Crippen LogP contribution in [0.3, 0.4) is 0 Å². The van der Waals surface area contributed by atoms with Crippen LogP contribution < -0.4 is 16.0 Å². The van der Waals surface area contributed by atoms with Crippen molar-refractivity contribution in [2.24, 2.45) is 5.73 Å². The number of nitrogens with one attached hydrogen (secondary N) is 1. The number of hydrogen-bond acceptors (Lipinski definition) is 3. The molecule has 0 aliphatic carbocycles. The molecule has 0 bridgehead atoms. The fourth-order valence-electron chi connectivity index (χ4n) is 1.31. The van der Waals surface area contributed by atoms with Crippen molar-refractivity contribution >= 4 is 28.8 Å². The maximum Gasteiger partial charge on any atom is 0.251 e. The molecule has 0 heterocycles. The summed E-state index contributed by atoms with van der Waals surface area (Å²) in [5.41, 5.74) is 7.04. The van der Waals surface area contributed by atoms with Crippen molar-refractivity contribution in [1.82, 2.24) is 5.32 Å². The van der Waals surface area contributed by atoms with Crippen LogP contribution in [0.1, 0.15) is 16.8 Å². The molecule has 17 heavy (non-hydrogen) atoms. The minimum atomic E-state index is -0.105. The third-order valence-corrected chi connectivity index (χ3v) is 2.51. The van der Waals surface area contributed by atoms with E-state index in [4.69, 9.17) is 18.0 Å². The molecule has 0 aliphatic heterocycles. The van der Waals surface area contributed by atoms with Gasteiger partial charge in [-0.15, -0.1) is 0 Å². The maximum absolute atomic E-state index is 11.7. The van der Waals surface area contributed by atoms with Crippen LogP contribution in [0.2, 0.25) is 0 Å². The van der Waals surface area contributed by atoms with Crippen molar-refractivity contribution in [3.63, 3.8) is 0 Å². The molecular formula is C12H17N3OS. The van der Waals surface area contributed by atoms with Gasteiger partial charge in [0, 0.05) is 38.3 Å². The Labute approximate surface area is 107 Å². The quantitative estimate of drug-likeness (QED) is 0.771. The van der Waals surface area contributed by atoms with Crippen molar-refractivity contribution in [3.05, 3.63) is 29.8 Å². The Morgan fingerprint density at radius 3 is 2.41 bits per heavy atom. The molecule has 92 valence electrons. The maximum atomic E-state index is 11.7. The number of hydrogen-bond donors (Lipinski definition) is 2. The van der Waals surface area contributed by atoms with E-state index in [0.717, 1.165) is 5.69 Å². The van der Waals surface area contributed by atoms with Crippen LogP contribution in [0.5, 0.6) is 0 Å². The molecule has 0 saturated carbocycles. The Morgan fingerprint density at radius 1 is 1.35 bits per heavy atom. The van der Waals surface area contributed by atoms with E-state index in [1.807, 2.05) is 31.1 Å². The Kier molecular flexibility index (Phi) is 4.90. The molecule has 0 saturated heterocycles. The predicted molar refractivity (Wildman–Crippen MR) is 74.5 cm³/mol. The van der Waals surface area contributed by atoms with E-state index in [9.17, 15) is 4.79 Å². The van der Waals surface area contributed by atoms with Crippen LogP contribution in [-0.4, -0.2) is 31.5 Å². The number of nitrogens with zero attached hydrogens (tertiary/aromatic N) is 1. The van der Waals surface area contributed by atoms with Crippen LogP contribution in [0.4, 0.5) is 5.69 Å². The normalized spacial score (nSPS) is 9.76. The summed E-state index contributed by atoms with van der Waals surface area (Å²) in [5.74, 6) is -0.105. The Hall–Kier alpha value is -1.62. The van der Waals surface area contributed by atoms with E-state index in [2.05, 4.69) is 5.32 Å².